The Hall–Kier alpha value is -2.76. The molecule has 0 amide bonds. The van der Waals surface area contributed by atoms with E-state index in [-0.39, 0.29) is 5.69 Å². The minimum atomic E-state index is -1.07. The lowest BCUT2D eigenvalue weighted by atomic mass is 10.2. The number of aromatic carboxylic acids is 1. The van der Waals surface area contributed by atoms with E-state index in [0.717, 1.165) is 0 Å². The Morgan fingerprint density at radius 3 is 2.78 bits per heavy atom. The van der Waals surface area contributed by atoms with E-state index in [4.69, 9.17) is 0 Å². The van der Waals surface area contributed by atoms with Gasteiger partial charge in [-0.1, -0.05) is 18.2 Å². The van der Waals surface area contributed by atoms with Crippen LogP contribution in [0.4, 0.5) is 0 Å². The van der Waals surface area contributed by atoms with Crippen molar-refractivity contribution < 1.29 is 9.90 Å². The molecule has 2 heterocycles. The molecule has 6 heteroatoms. The van der Waals surface area contributed by atoms with Crippen molar-refractivity contribution >= 4 is 16.9 Å². The molecule has 0 bridgehead atoms. The summed E-state index contributed by atoms with van der Waals surface area (Å²) in [5, 5.41) is 9.71. The predicted molar refractivity (Wildman–Crippen MR) is 63.6 cm³/mol. The maximum absolute atomic E-state index is 11.2. The summed E-state index contributed by atoms with van der Waals surface area (Å²) in [7, 11) is 0. The maximum atomic E-state index is 11.2. The maximum Gasteiger partial charge on any atom is 0.355 e. The number of carboxylic acid groups (broad SMARTS) is 1. The molecule has 0 aliphatic rings. The van der Waals surface area contributed by atoms with Gasteiger partial charge in [0.25, 0.3) is 0 Å². The fraction of sp³-hybridized carbons (Fsp3) is 0. The van der Waals surface area contributed by atoms with Crippen LogP contribution in [0.2, 0.25) is 0 Å². The summed E-state index contributed by atoms with van der Waals surface area (Å²) in [6.45, 7) is 0. The molecule has 2 aromatic heterocycles. The normalized spacial score (nSPS) is 10.7. The average molecular weight is 240 g/mol. The van der Waals surface area contributed by atoms with Gasteiger partial charge in [0.15, 0.2) is 5.69 Å². The third-order valence-corrected chi connectivity index (χ3v) is 2.53. The first-order chi connectivity index (χ1) is 8.75. The fourth-order valence-electron chi connectivity index (χ4n) is 1.72. The third kappa shape index (κ3) is 1.60. The molecule has 1 N–H and O–H groups in total. The lowest BCUT2D eigenvalue weighted by Crippen LogP contribution is -2.07. The number of hydrogen-bond donors (Lipinski definition) is 1. The first-order valence-corrected chi connectivity index (χ1v) is 5.24. The summed E-state index contributed by atoms with van der Waals surface area (Å²) in [4.78, 5) is 23.5. The van der Waals surface area contributed by atoms with Gasteiger partial charge in [-0.05, 0) is 6.07 Å². The standard InChI is InChI=1S/C12H8N4O2/c17-11(18)10-8-3-1-2-4-9(8)14-12(15-10)16-6-5-13-7-16/h1-7H,(H,17,18). The Balaban J connectivity index is 2.33. The zero-order chi connectivity index (χ0) is 12.5. The summed E-state index contributed by atoms with van der Waals surface area (Å²) < 4.78 is 1.57. The fourth-order valence-corrected chi connectivity index (χ4v) is 1.72. The van der Waals surface area contributed by atoms with E-state index in [9.17, 15) is 9.90 Å². The lowest BCUT2D eigenvalue weighted by molar-refractivity contribution is 0.0692. The summed E-state index contributed by atoms with van der Waals surface area (Å²) >= 11 is 0. The average Bonchev–Trinajstić information content (AvgIpc) is 2.91. The monoisotopic (exact) mass is 240 g/mol. The van der Waals surface area contributed by atoms with Gasteiger partial charge >= 0.3 is 5.97 Å². The van der Waals surface area contributed by atoms with Gasteiger partial charge in [0, 0.05) is 17.8 Å². The largest absolute Gasteiger partial charge is 0.476 e. The number of fused-ring (bicyclic) bond motifs is 1. The van der Waals surface area contributed by atoms with Crippen LogP contribution >= 0.6 is 0 Å². The van der Waals surface area contributed by atoms with Crippen molar-refractivity contribution in [1.82, 2.24) is 19.5 Å². The predicted octanol–water partition coefficient (Wildman–Crippen LogP) is 1.51. The molecule has 88 valence electrons. The van der Waals surface area contributed by atoms with Gasteiger partial charge in [-0.2, -0.15) is 0 Å². The Morgan fingerprint density at radius 2 is 2.06 bits per heavy atom. The van der Waals surface area contributed by atoms with Gasteiger partial charge < -0.3 is 5.11 Å². The highest BCUT2D eigenvalue weighted by Crippen LogP contribution is 2.17. The van der Waals surface area contributed by atoms with Crippen molar-refractivity contribution in [3.63, 3.8) is 0 Å². The van der Waals surface area contributed by atoms with Gasteiger partial charge in [-0.3, -0.25) is 4.57 Å². The van der Waals surface area contributed by atoms with Crippen LogP contribution in [0.5, 0.6) is 0 Å². The topological polar surface area (TPSA) is 80.9 Å². The second kappa shape index (κ2) is 3.92. The molecule has 3 aromatic rings. The Kier molecular flexibility index (Phi) is 2.26. The molecule has 0 fully saturated rings. The molecule has 1 aromatic carbocycles. The van der Waals surface area contributed by atoms with E-state index in [2.05, 4.69) is 15.0 Å². The third-order valence-electron chi connectivity index (χ3n) is 2.53. The van der Waals surface area contributed by atoms with E-state index in [1.807, 2.05) is 0 Å². The van der Waals surface area contributed by atoms with Gasteiger partial charge in [0.1, 0.15) is 6.33 Å². The van der Waals surface area contributed by atoms with Crippen molar-refractivity contribution in [2.24, 2.45) is 0 Å². The highest BCUT2D eigenvalue weighted by atomic mass is 16.4. The van der Waals surface area contributed by atoms with E-state index in [1.54, 1.807) is 41.2 Å². The van der Waals surface area contributed by atoms with Crippen molar-refractivity contribution in [2.75, 3.05) is 0 Å². The summed E-state index contributed by atoms with van der Waals surface area (Å²) in [5.74, 6) is -0.779. The van der Waals surface area contributed by atoms with Crippen LogP contribution in [0.25, 0.3) is 16.9 Å². The van der Waals surface area contributed by atoms with Crippen LogP contribution in [-0.2, 0) is 0 Å². The number of para-hydroxylation sites is 1. The van der Waals surface area contributed by atoms with Crippen molar-refractivity contribution in [1.29, 1.82) is 0 Å². The van der Waals surface area contributed by atoms with Crippen LogP contribution < -0.4 is 0 Å². The second-order valence-corrected chi connectivity index (χ2v) is 3.66. The van der Waals surface area contributed by atoms with Crippen LogP contribution in [0, 0.1) is 0 Å². The zero-order valence-corrected chi connectivity index (χ0v) is 9.19. The number of nitrogens with zero attached hydrogens (tertiary/aromatic N) is 4. The minimum Gasteiger partial charge on any atom is -0.476 e. The Morgan fingerprint density at radius 1 is 1.22 bits per heavy atom. The summed E-state index contributed by atoms with van der Waals surface area (Å²) in [5.41, 5.74) is 0.581. The van der Waals surface area contributed by atoms with E-state index in [1.165, 1.54) is 6.33 Å². The molecule has 0 unspecified atom stereocenters. The highest BCUT2D eigenvalue weighted by molar-refractivity contribution is 6.00. The SMILES string of the molecule is O=C(O)c1nc(-n2ccnc2)nc2ccccc12. The molecule has 0 saturated heterocycles. The van der Waals surface area contributed by atoms with Gasteiger partial charge in [-0.15, -0.1) is 0 Å². The zero-order valence-electron chi connectivity index (χ0n) is 9.19. The lowest BCUT2D eigenvalue weighted by Gasteiger charge is -2.05. The molecule has 0 spiro atoms. The molecule has 3 rings (SSSR count). The highest BCUT2D eigenvalue weighted by Gasteiger charge is 2.13. The Labute approximate surface area is 102 Å². The number of rotatable bonds is 2. The van der Waals surface area contributed by atoms with Crippen molar-refractivity contribution in [3.8, 4) is 5.95 Å². The number of aromatic nitrogens is 4. The van der Waals surface area contributed by atoms with Crippen LogP contribution in [0.3, 0.4) is 0 Å². The van der Waals surface area contributed by atoms with Crippen molar-refractivity contribution in [2.45, 2.75) is 0 Å². The smallest absolute Gasteiger partial charge is 0.355 e. The molecule has 18 heavy (non-hydrogen) atoms. The number of hydrogen-bond acceptors (Lipinski definition) is 4. The Bertz CT molecular complexity index is 722. The number of carbonyl (C=O) groups is 1. The van der Waals surface area contributed by atoms with Gasteiger partial charge in [-0.25, -0.2) is 19.7 Å². The molecular weight excluding hydrogens is 232 g/mol. The van der Waals surface area contributed by atoms with Crippen LogP contribution in [-0.4, -0.2) is 30.6 Å². The molecule has 0 aliphatic heterocycles. The molecule has 0 radical (unpaired) electrons. The van der Waals surface area contributed by atoms with Gasteiger partial charge in [0.05, 0.1) is 5.52 Å². The molecule has 0 saturated carbocycles. The first kappa shape index (κ1) is 10.4. The number of imidazole rings is 1. The van der Waals surface area contributed by atoms with Crippen molar-refractivity contribution in [3.05, 3.63) is 48.7 Å². The molecule has 6 nitrogen and oxygen atoms in total. The van der Waals surface area contributed by atoms with Crippen LogP contribution in [0.15, 0.2) is 43.0 Å². The van der Waals surface area contributed by atoms with E-state index in [0.29, 0.717) is 16.9 Å². The summed E-state index contributed by atoms with van der Waals surface area (Å²) in [6.07, 6.45) is 4.77. The van der Waals surface area contributed by atoms with Crippen LogP contribution in [0.1, 0.15) is 10.5 Å². The molecular formula is C12H8N4O2. The number of benzene rings is 1. The van der Waals surface area contributed by atoms with E-state index < -0.39 is 5.97 Å². The van der Waals surface area contributed by atoms with Gasteiger partial charge in [0.2, 0.25) is 5.95 Å². The van der Waals surface area contributed by atoms with E-state index >= 15 is 0 Å². The quantitative estimate of drug-likeness (QED) is 0.734. The second-order valence-electron chi connectivity index (χ2n) is 3.66. The number of carboxylic acids is 1. The summed E-state index contributed by atoms with van der Waals surface area (Å²) in [6, 6.07) is 7.01. The first-order valence-electron chi connectivity index (χ1n) is 5.24. The molecule has 0 aliphatic carbocycles. The molecule has 0 atom stereocenters. The minimum absolute atomic E-state index is 0.00991.